The molecule has 0 fully saturated rings. The predicted molar refractivity (Wildman–Crippen MR) is 88.9 cm³/mol. The molecule has 0 saturated carbocycles. The molecule has 1 N–H and O–H groups in total. The predicted octanol–water partition coefficient (Wildman–Crippen LogP) is 2.48. The van der Waals surface area contributed by atoms with Gasteiger partial charge in [-0.05, 0) is 35.9 Å². The fourth-order valence-electron chi connectivity index (χ4n) is 2.14. The van der Waals surface area contributed by atoms with Gasteiger partial charge in [-0.15, -0.1) is 11.6 Å². The lowest BCUT2D eigenvalue weighted by Crippen LogP contribution is -2.32. The molecular formula is C16H16ClFN2O3S. The van der Waals surface area contributed by atoms with E-state index in [1.807, 2.05) is 0 Å². The van der Waals surface area contributed by atoms with E-state index in [9.17, 15) is 17.6 Å². The number of nitrogens with zero attached hydrogens (tertiary/aromatic N) is 1. The highest BCUT2D eigenvalue weighted by Gasteiger charge is 2.29. The van der Waals surface area contributed by atoms with E-state index in [-0.39, 0.29) is 29.6 Å². The molecule has 1 atom stereocenters. The number of hydrogen-bond acceptors (Lipinski definition) is 4. The van der Waals surface area contributed by atoms with Crippen molar-refractivity contribution >= 4 is 27.3 Å². The van der Waals surface area contributed by atoms with E-state index in [2.05, 4.69) is 10.3 Å². The number of hydrogen-bond donors (Lipinski definition) is 1. The van der Waals surface area contributed by atoms with E-state index in [0.29, 0.717) is 5.56 Å². The van der Waals surface area contributed by atoms with Crippen molar-refractivity contribution in [1.82, 2.24) is 10.3 Å². The fourth-order valence-corrected chi connectivity index (χ4v) is 3.96. The number of halogens is 2. The summed E-state index contributed by atoms with van der Waals surface area (Å²) in [7, 11) is -3.84. The van der Waals surface area contributed by atoms with Gasteiger partial charge in [0.25, 0.3) is 0 Å². The van der Waals surface area contributed by atoms with Gasteiger partial charge in [0.05, 0.1) is 4.90 Å². The molecule has 5 nitrogen and oxygen atoms in total. The lowest BCUT2D eigenvalue weighted by Gasteiger charge is -2.18. The summed E-state index contributed by atoms with van der Waals surface area (Å²) in [5, 5.41) is 1.53. The van der Waals surface area contributed by atoms with Crippen LogP contribution in [0.4, 0.5) is 4.39 Å². The maximum absolute atomic E-state index is 13.1. The molecule has 128 valence electrons. The second-order valence-electron chi connectivity index (χ2n) is 5.02. The van der Waals surface area contributed by atoms with Crippen LogP contribution in [0.2, 0.25) is 0 Å². The summed E-state index contributed by atoms with van der Waals surface area (Å²) >= 11 is 5.50. The van der Waals surface area contributed by atoms with Crippen molar-refractivity contribution in [2.45, 2.75) is 16.6 Å². The number of amides is 1. The molecule has 1 aromatic carbocycles. The smallest absolute Gasteiger partial charge is 0.221 e. The van der Waals surface area contributed by atoms with Gasteiger partial charge in [0.2, 0.25) is 5.91 Å². The van der Waals surface area contributed by atoms with E-state index in [1.165, 1.54) is 24.5 Å². The third-order valence-electron chi connectivity index (χ3n) is 3.38. The van der Waals surface area contributed by atoms with Crippen LogP contribution in [0.5, 0.6) is 0 Å². The highest BCUT2D eigenvalue weighted by Crippen LogP contribution is 2.28. The molecule has 2 aromatic rings. The van der Waals surface area contributed by atoms with Crippen molar-refractivity contribution in [3.05, 3.63) is 60.2 Å². The SMILES string of the molecule is O=C(CCCl)NCC(c1cccnc1)S(=O)(=O)c1ccc(F)cc1. The van der Waals surface area contributed by atoms with Crippen LogP contribution in [0.1, 0.15) is 17.2 Å². The Labute approximate surface area is 144 Å². The van der Waals surface area contributed by atoms with Gasteiger partial charge >= 0.3 is 0 Å². The summed E-state index contributed by atoms with van der Waals surface area (Å²) < 4.78 is 38.8. The molecule has 0 saturated heterocycles. The summed E-state index contributed by atoms with van der Waals surface area (Å²) in [4.78, 5) is 15.5. The minimum Gasteiger partial charge on any atom is -0.354 e. The van der Waals surface area contributed by atoms with Gasteiger partial charge in [0.1, 0.15) is 11.1 Å². The minimum absolute atomic E-state index is 0.0238. The van der Waals surface area contributed by atoms with Crippen molar-refractivity contribution in [2.24, 2.45) is 0 Å². The van der Waals surface area contributed by atoms with Gasteiger partial charge in [0.15, 0.2) is 9.84 Å². The Bertz CT molecular complexity index is 783. The monoisotopic (exact) mass is 370 g/mol. The first-order valence-corrected chi connectivity index (χ1v) is 9.25. The van der Waals surface area contributed by atoms with E-state index < -0.39 is 20.9 Å². The summed E-state index contributed by atoms with van der Waals surface area (Å²) in [5.74, 6) is -0.718. The number of pyridine rings is 1. The zero-order chi connectivity index (χ0) is 17.6. The summed E-state index contributed by atoms with van der Waals surface area (Å²) in [5.41, 5.74) is 0.438. The van der Waals surface area contributed by atoms with Crippen molar-refractivity contribution in [1.29, 1.82) is 0 Å². The van der Waals surface area contributed by atoms with Crippen LogP contribution in [0, 0.1) is 5.82 Å². The van der Waals surface area contributed by atoms with Crippen molar-refractivity contribution < 1.29 is 17.6 Å². The van der Waals surface area contributed by atoms with E-state index in [1.54, 1.807) is 12.1 Å². The molecule has 0 spiro atoms. The zero-order valence-corrected chi connectivity index (χ0v) is 14.2. The van der Waals surface area contributed by atoms with Gasteiger partial charge in [-0.1, -0.05) is 6.07 Å². The molecule has 1 heterocycles. The minimum atomic E-state index is -3.84. The molecule has 24 heavy (non-hydrogen) atoms. The number of sulfone groups is 1. The second-order valence-corrected chi connectivity index (χ2v) is 7.53. The Hall–Kier alpha value is -1.99. The molecule has 0 bridgehead atoms. The molecule has 0 aliphatic carbocycles. The van der Waals surface area contributed by atoms with Crippen LogP contribution in [0.25, 0.3) is 0 Å². The molecule has 0 radical (unpaired) electrons. The largest absolute Gasteiger partial charge is 0.354 e. The number of rotatable bonds is 7. The molecular weight excluding hydrogens is 355 g/mol. The van der Waals surface area contributed by atoms with Gasteiger partial charge in [-0.3, -0.25) is 9.78 Å². The Balaban J connectivity index is 2.34. The molecule has 1 unspecified atom stereocenters. The number of carbonyl (C=O) groups is 1. The number of nitrogens with one attached hydrogen (secondary N) is 1. The summed E-state index contributed by atoms with van der Waals surface area (Å²) in [6.45, 7) is -0.124. The Morgan fingerprint density at radius 2 is 1.96 bits per heavy atom. The lowest BCUT2D eigenvalue weighted by atomic mass is 10.2. The first-order valence-electron chi connectivity index (χ1n) is 7.17. The second kappa shape index (κ2) is 8.21. The van der Waals surface area contributed by atoms with Crippen LogP contribution in [0.3, 0.4) is 0 Å². The van der Waals surface area contributed by atoms with Crippen molar-refractivity contribution in [3.8, 4) is 0 Å². The van der Waals surface area contributed by atoms with Crippen molar-refractivity contribution in [2.75, 3.05) is 12.4 Å². The van der Waals surface area contributed by atoms with Crippen LogP contribution < -0.4 is 5.32 Å². The fraction of sp³-hybridized carbons (Fsp3) is 0.250. The zero-order valence-electron chi connectivity index (χ0n) is 12.7. The first-order chi connectivity index (χ1) is 11.4. The van der Waals surface area contributed by atoms with Crippen LogP contribution in [0.15, 0.2) is 53.7 Å². The van der Waals surface area contributed by atoms with Gasteiger partial charge in [-0.25, -0.2) is 12.8 Å². The van der Waals surface area contributed by atoms with Gasteiger partial charge < -0.3 is 5.32 Å². The van der Waals surface area contributed by atoms with E-state index in [0.717, 1.165) is 12.1 Å². The van der Waals surface area contributed by atoms with Gasteiger partial charge in [-0.2, -0.15) is 0 Å². The normalized spacial score (nSPS) is 12.6. The first kappa shape index (κ1) is 18.4. The number of aromatic nitrogens is 1. The van der Waals surface area contributed by atoms with Crippen LogP contribution in [-0.4, -0.2) is 31.7 Å². The standard InChI is InChI=1S/C16H16ClFN2O3S/c17-8-7-16(21)20-11-15(12-2-1-9-19-10-12)24(22,23)14-5-3-13(18)4-6-14/h1-6,9-10,15H,7-8,11H2,(H,20,21). The molecule has 2 rings (SSSR count). The Morgan fingerprint density at radius 1 is 1.25 bits per heavy atom. The lowest BCUT2D eigenvalue weighted by molar-refractivity contribution is -0.120. The molecule has 1 amide bonds. The average molecular weight is 371 g/mol. The molecule has 8 heteroatoms. The maximum atomic E-state index is 13.1. The average Bonchev–Trinajstić information content (AvgIpc) is 2.56. The van der Waals surface area contributed by atoms with Crippen LogP contribution >= 0.6 is 11.6 Å². The summed E-state index contributed by atoms with van der Waals surface area (Å²) in [6.07, 6.45) is 3.05. The third-order valence-corrected chi connectivity index (χ3v) is 5.69. The number of alkyl halides is 1. The molecule has 0 aliphatic heterocycles. The van der Waals surface area contributed by atoms with E-state index >= 15 is 0 Å². The Morgan fingerprint density at radius 3 is 2.54 bits per heavy atom. The maximum Gasteiger partial charge on any atom is 0.221 e. The quantitative estimate of drug-likeness (QED) is 0.600. The summed E-state index contributed by atoms with van der Waals surface area (Å²) in [6, 6.07) is 7.80. The van der Waals surface area contributed by atoms with Gasteiger partial charge in [0, 0.05) is 31.2 Å². The molecule has 1 aromatic heterocycles. The van der Waals surface area contributed by atoms with Crippen molar-refractivity contribution in [3.63, 3.8) is 0 Å². The highest BCUT2D eigenvalue weighted by molar-refractivity contribution is 7.91. The topological polar surface area (TPSA) is 76.1 Å². The number of carbonyl (C=O) groups excluding carboxylic acids is 1. The van der Waals surface area contributed by atoms with Crippen LogP contribution in [-0.2, 0) is 14.6 Å². The van der Waals surface area contributed by atoms with E-state index in [4.69, 9.17) is 11.6 Å². The number of benzene rings is 1. The highest BCUT2D eigenvalue weighted by atomic mass is 35.5. The molecule has 0 aliphatic rings. The Kier molecular flexibility index (Phi) is 6.28. The third kappa shape index (κ3) is 4.52.